The second-order valence-corrected chi connectivity index (χ2v) is 7.85. The molecule has 156 valence electrons. The summed E-state index contributed by atoms with van der Waals surface area (Å²) in [6.07, 6.45) is 5.93. The third kappa shape index (κ3) is 15.6. The first-order valence-corrected chi connectivity index (χ1v) is 10.1. The largest absolute Gasteiger partial charge is 0.469 e. The van der Waals surface area contributed by atoms with Gasteiger partial charge in [-0.25, -0.2) is 9.78 Å². The van der Waals surface area contributed by atoms with Crippen LogP contribution in [0.5, 0.6) is 0 Å². The molecule has 0 amide bonds. The zero-order valence-electron chi connectivity index (χ0n) is 17.8. The van der Waals surface area contributed by atoms with Crippen molar-refractivity contribution in [1.82, 2.24) is 10.6 Å². The highest BCUT2D eigenvalue weighted by Crippen LogP contribution is 2.09. The molecular formula is C20H42N2O4. The molecule has 0 saturated carbocycles. The fourth-order valence-corrected chi connectivity index (χ4v) is 3.06. The Balaban J connectivity index is 3.88. The minimum Gasteiger partial charge on any atom is -0.469 e. The highest BCUT2D eigenvalue weighted by Gasteiger charge is 2.15. The van der Waals surface area contributed by atoms with Crippen LogP contribution in [0, 0.1) is 11.8 Å². The van der Waals surface area contributed by atoms with Crippen molar-refractivity contribution in [2.45, 2.75) is 78.3 Å². The van der Waals surface area contributed by atoms with Crippen molar-refractivity contribution < 1.29 is 19.3 Å². The Morgan fingerprint density at radius 1 is 0.846 bits per heavy atom. The summed E-state index contributed by atoms with van der Waals surface area (Å²) in [6.45, 7) is 11.3. The first-order valence-electron chi connectivity index (χ1n) is 10.1. The third-order valence-corrected chi connectivity index (χ3v) is 4.26. The molecule has 0 saturated heterocycles. The van der Waals surface area contributed by atoms with Crippen molar-refractivity contribution in [3.8, 4) is 0 Å². The van der Waals surface area contributed by atoms with Crippen LogP contribution in [0.25, 0.3) is 0 Å². The van der Waals surface area contributed by atoms with Gasteiger partial charge in [-0.15, -0.1) is 0 Å². The van der Waals surface area contributed by atoms with E-state index < -0.39 is 0 Å². The van der Waals surface area contributed by atoms with Crippen LogP contribution in [0.1, 0.15) is 66.2 Å². The SMILES string of the molecule is COOCC(CC(C)C)NCCCCCNC(CC(=O)OC)CC(C)C. The number of methoxy groups -OCH3 is 1. The predicted octanol–water partition coefficient (Wildman–Crippen LogP) is 3.31. The third-order valence-electron chi connectivity index (χ3n) is 4.26. The summed E-state index contributed by atoms with van der Waals surface area (Å²) in [5, 5.41) is 7.07. The number of hydrogen-bond donors (Lipinski definition) is 2. The van der Waals surface area contributed by atoms with E-state index in [0.29, 0.717) is 30.9 Å². The molecule has 0 heterocycles. The first kappa shape index (κ1) is 25.3. The first-order chi connectivity index (χ1) is 12.4. The summed E-state index contributed by atoms with van der Waals surface area (Å²) < 4.78 is 4.79. The maximum atomic E-state index is 11.5. The van der Waals surface area contributed by atoms with Gasteiger partial charge in [0.2, 0.25) is 0 Å². The van der Waals surface area contributed by atoms with Gasteiger partial charge in [-0.05, 0) is 50.6 Å². The fraction of sp³-hybridized carbons (Fsp3) is 0.950. The molecule has 0 aromatic rings. The number of unbranched alkanes of at least 4 members (excludes halogenated alkanes) is 2. The van der Waals surface area contributed by atoms with Gasteiger partial charge in [-0.2, -0.15) is 0 Å². The normalized spacial score (nSPS) is 14.0. The molecule has 2 unspecified atom stereocenters. The number of carbonyl (C=O) groups is 1. The van der Waals surface area contributed by atoms with Crippen molar-refractivity contribution in [2.24, 2.45) is 11.8 Å². The summed E-state index contributed by atoms with van der Waals surface area (Å²) in [5.74, 6) is 1.06. The zero-order valence-corrected chi connectivity index (χ0v) is 17.8. The lowest BCUT2D eigenvalue weighted by molar-refractivity contribution is -0.276. The molecule has 0 aliphatic rings. The molecule has 0 bridgehead atoms. The molecule has 2 atom stereocenters. The Labute approximate surface area is 160 Å². The zero-order chi connectivity index (χ0) is 19.8. The number of esters is 1. The number of carbonyl (C=O) groups excluding carboxylic acids is 1. The molecule has 0 aliphatic heterocycles. The molecule has 26 heavy (non-hydrogen) atoms. The molecule has 0 aromatic carbocycles. The minimum absolute atomic E-state index is 0.137. The van der Waals surface area contributed by atoms with Gasteiger partial charge < -0.3 is 15.4 Å². The molecule has 0 aliphatic carbocycles. The Bertz CT molecular complexity index is 338. The smallest absolute Gasteiger partial charge is 0.307 e. The fourth-order valence-electron chi connectivity index (χ4n) is 3.06. The lowest BCUT2D eigenvalue weighted by atomic mass is 10.0. The summed E-state index contributed by atoms with van der Waals surface area (Å²) in [7, 11) is 3.00. The van der Waals surface area contributed by atoms with Gasteiger partial charge in [0, 0.05) is 12.1 Å². The Hall–Kier alpha value is -0.690. The van der Waals surface area contributed by atoms with Gasteiger partial charge in [0.05, 0.1) is 27.2 Å². The van der Waals surface area contributed by atoms with E-state index in [1.807, 2.05) is 0 Å². The second-order valence-electron chi connectivity index (χ2n) is 7.85. The maximum Gasteiger partial charge on any atom is 0.307 e. The highest BCUT2D eigenvalue weighted by atomic mass is 17.2. The Morgan fingerprint density at radius 3 is 1.88 bits per heavy atom. The molecule has 2 N–H and O–H groups in total. The molecule has 0 fully saturated rings. The Morgan fingerprint density at radius 2 is 1.38 bits per heavy atom. The summed E-state index contributed by atoms with van der Waals surface area (Å²) in [5.41, 5.74) is 0. The molecule has 6 nitrogen and oxygen atoms in total. The van der Waals surface area contributed by atoms with E-state index in [0.717, 1.165) is 45.2 Å². The summed E-state index contributed by atoms with van der Waals surface area (Å²) in [6, 6.07) is 0.547. The van der Waals surface area contributed by atoms with Gasteiger partial charge in [0.15, 0.2) is 0 Å². The van der Waals surface area contributed by atoms with Crippen LogP contribution in [0.2, 0.25) is 0 Å². The quantitative estimate of drug-likeness (QED) is 0.176. The predicted molar refractivity (Wildman–Crippen MR) is 106 cm³/mol. The molecule has 6 heteroatoms. The van der Waals surface area contributed by atoms with Crippen LogP contribution >= 0.6 is 0 Å². The molecule has 0 rings (SSSR count). The lowest BCUT2D eigenvalue weighted by Crippen LogP contribution is -2.35. The van der Waals surface area contributed by atoms with E-state index in [1.165, 1.54) is 7.11 Å². The molecular weight excluding hydrogens is 332 g/mol. The van der Waals surface area contributed by atoms with E-state index in [1.54, 1.807) is 7.11 Å². The van der Waals surface area contributed by atoms with Crippen molar-refractivity contribution in [3.63, 3.8) is 0 Å². The van der Waals surface area contributed by atoms with Crippen LogP contribution < -0.4 is 10.6 Å². The van der Waals surface area contributed by atoms with Crippen LogP contribution in [-0.4, -0.2) is 52.0 Å². The van der Waals surface area contributed by atoms with Gasteiger partial charge in [-0.1, -0.05) is 34.1 Å². The number of rotatable bonds is 17. The average molecular weight is 375 g/mol. The van der Waals surface area contributed by atoms with E-state index in [2.05, 4.69) is 38.3 Å². The monoisotopic (exact) mass is 374 g/mol. The van der Waals surface area contributed by atoms with E-state index >= 15 is 0 Å². The second kappa shape index (κ2) is 16.5. The standard InChI is InChI=1S/C20H42N2O4/c1-16(2)12-18(14-20(23)24-5)21-10-8-7-9-11-22-19(13-17(3)4)15-26-25-6/h16-19,21-22H,7-15H2,1-6H3. The minimum atomic E-state index is -0.137. The van der Waals surface area contributed by atoms with Crippen molar-refractivity contribution >= 4 is 5.97 Å². The average Bonchev–Trinajstić information content (AvgIpc) is 2.57. The van der Waals surface area contributed by atoms with Crippen molar-refractivity contribution in [2.75, 3.05) is 33.9 Å². The van der Waals surface area contributed by atoms with E-state index in [4.69, 9.17) is 14.5 Å². The molecule has 0 spiro atoms. The van der Waals surface area contributed by atoms with E-state index in [-0.39, 0.29) is 12.0 Å². The topological polar surface area (TPSA) is 68.8 Å². The number of nitrogens with one attached hydrogen (secondary N) is 2. The Kier molecular flexibility index (Phi) is 16.0. The van der Waals surface area contributed by atoms with Gasteiger partial charge in [-0.3, -0.25) is 4.79 Å². The highest BCUT2D eigenvalue weighted by molar-refractivity contribution is 5.69. The summed E-state index contributed by atoms with van der Waals surface area (Å²) >= 11 is 0. The van der Waals surface area contributed by atoms with Gasteiger partial charge >= 0.3 is 5.97 Å². The number of ether oxygens (including phenoxy) is 1. The van der Waals surface area contributed by atoms with Gasteiger partial charge in [0.25, 0.3) is 0 Å². The maximum absolute atomic E-state index is 11.5. The van der Waals surface area contributed by atoms with E-state index in [9.17, 15) is 4.79 Å². The van der Waals surface area contributed by atoms with Crippen LogP contribution in [-0.2, 0) is 19.3 Å². The van der Waals surface area contributed by atoms with Crippen molar-refractivity contribution in [1.29, 1.82) is 0 Å². The number of hydrogen-bond acceptors (Lipinski definition) is 6. The lowest BCUT2D eigenvalue weighted by Gasteiger charge is -2.20. The summed E-state index contributed by atoms with van der Waals surface area (Å²) in [4.78, 5) is 21.3. The van der Waals surface area contributed by atoms with Crippen LogP contribution in [0.3, 0.4) is 0 Å². The molecule has 0 radical (unpaired) electrons. The van der Waals surface area contributed by atoms with Crippen LogP contribution in [0.15, 0.2) is 0 Å². The molecule has 0 aromatic heterocycles. The van der Waals surface area contributed by atoms with Crippen LogP contribution in [0.4, 0.5) is 0 Å². The van der Waals surface area contributed by atoms with Gasteiger partial charge in [0.1, 0.15) is 0 Å². The van der Waals surface area contributed by atoms with Crippen molar-refractivity contribution in [3.05, 3.63) is 0 Å².